The van der Waals surface area contributed by atoms with Gasteiger partial charge in [-0.25, -0.2) is 0 Å². The van der Waals surface area contributed by atoms with Crippen LogP contribution >= 0.6 is 0 Å². The Morgan fingerprint density at radius 1 is 1.09 bits per heavy atom. The first-order chi connectivity index (χ1) is 16.0. The monoisotopic (exact) mass is 442 g/mol. The smallest absolute Gasteiger partial charge is 0.256 e. The van der Waals surface area contributed by atoms with Crippen LogP contribution in [0.25, 0.3) is 22.8 Å². The standard InChI is InChI=1S/C27H26N2O4/c1-3-5-17-22(28-21-6-4-7-24(31)26(17)21)14-19-18-12-15(8-10-20(18)29-27(19)32)16-9-11-23(30)25(13-16)33-2/h8-14,28,30H,3-7H2,1-2H3,(H,29,32)/b19-14-. The number of hydrogen-bond donors (Lipinski definition) is 3. The van der Waals surface area contributed by atoms with Crippen molar-refractivity contribution in [2.24, 2.45) is 0 Å². The quantitative estimate of drug-likeness (QED) is 0.464. The normalized spacial score (nSPS) is 16.0. The van der Waals surface area contributed by atoms with Gasteiger partial charge >= 0.3 is 0 Å². The first-order valence-electron chi connectivity index (χ1n) is 11.3. The molecule has 1 aliphatic heterocycles. The zero-order chi connectivity index (χ0) is 23.1. The van der Waals surface area contributed by atoms with E-state index in [-0.39, 0.29) is 17.4 Å². The first kappa shape index (κ1) is 21.1. The lowest BCUT2D eigenvalue weighted by atomic mass is 9.91. The number of fused-ring (bicyclic) bond motifs is 2. The number of Topliss-reactive ketones (excluding diaryl/α,β-unsaturated/α-hetero) is 1. The van der Waals surface area contributed by atoms with Crippen LogP contribution in [0.1, 0.15) is 59.1 Å². The van der Waals surface area contributed by atoms with Crippen LogP contribution in [0.4, 0.5) is 5.69 Å². The van der Waals surface area contributed by atoms with Gasteiger partial charge in [-0.15, -0.1) is 0 Å². The van der Waals surface area contributed by atoms with Gasteiger partial charge in [-0.3, -0.25) is 9.59 Å². The minimum atomic E-state index is -0.160. The molecule has 0 radical (unpaired) electrons. The van der Waals surface area contributed by atoms with Gasteiger partial charge in [-0.2, -0.15) is 0 Å². The van der Waals surface area contributed by atoms with Crippen molar-refractivity contribution >= 4 is 29.0 Å². The number of hydrogen-bond acceptors (Lipinski definition) is 4. The number of ether oxygens (including phenoxy) is 1. The molecule has 168 valence electrons. The molecule has 0 atom stereocenters. The molecule has 1 aliphatic carbocycles. The Labute approximate surface area is 192 Å². The summed E-state index contributed by atoms with van der Waals surface area (Å²) in [7, 11) is 1.51. The SMILES string of the molecule is CCCc1c(/C=C2\C(=O)Nc3ccc(-c4ccc(O)c(OC)c4)cc32)[nH]c2c1C(=O)CCC2. The molecule has 2 aliphatic rings. The minimum Gasteiger partial charge on any atom is -0.504 e. The van der Waals surface area contributed by atoms with Gasteiger partial charge in [0.05, 0.1) is 12.7 Å². The van der Waals surface area contributed by atoms with E-state index in [1.807, 2.05) is 30.3 Å². The summed E-state index contributed by atoms with van der Waals surface area (Å²) in [5.41, 5.74) is 7.61. The van der Waals surface area contributed by atoms with Crippen molar-refractivity contribution in [2.45, 2.75) is 39.0 Å². The molecular weight excluding hydrogens is 416 g/mol. The van der Waals surface area contributed by atoms with Crippen LogP contribution < -0.4 is 10.1 Å². The van der Waals surface area contributed by atoms with E-state index in [1.165, 1.54) is 7.11 Å². The number of phenolic OH excluding ortho intramolecular Hbond substituents is 1. The summed E-state index contributed by atoms with van der Waals surface area (Å²) in [6.45, 7) is 2.10. The number of anilines is 1. The molecule has 0 saturated heterocycles. The second-order valence-electron chi connectivity index (χ2n) is 8.56. The van der Waals surface area contributed by atoms with Gasteiger partial charge in [-0.1, -0.05) is 25.5 Å². The molecule has 5 rings (SSSR count). The van der Waals surface area contributed by atoms with Gasteiger partial charge in [0.25, 0.3) is 5.91 Å². The molecule has 2 aromatic carbocycles. The summed E-state index contributed by atoms with van der Waals surface area (Å²) in [6, 6.07) is 11.0. The molecule has 0 fully saturated rings. The van der Waals surface area contributed by atoms with Gasteiger partial charge in [-0.05, 0) is 66.3 Å². The van der Waals surface area contributed by atoms with Crippen LogP contribution in [0.15, 0.2) is 36.4 Å². The summed E-state index contributed by atoms with van der Waals surface area (Å²) < 4.78 is 5.24. The number of aromatic amines is 1. The summed E-state index contributed by atoms with van der Waals surface area (Å²) in [5.74, 6) is 0.504. The van der Waals surface area contributed by atoms with Crippen molar-refractivity contribution in [1.82, 2.24) is 4.98 Å². The number of aryl methyl sites for hydroxylation is 1. The zero-order valence-electron chi connectivity index (χ0n) is 18.7. The van der Waals surface area contributed by atoms with E-state index in [9.17, 15) is 14.7 Å². The Bertz CT molecular complexity index is 1320. The van der Waals surface area contributed by atoms with Gasteiger partial charge in [0.15, 0.2) is 17.3 Å². The Hall–Kier alpha value is -3.80. The molecule has 6 nitrogen and oxygen atoms in total. The second-order valence-corrected chi connectivity index (χ2v) is 8.56. The predicted octanol–water partition coefficient (Wildman–Crippen LogP) is 5.36. The molecule has 0 bridgehead atoms. The van der Waals surface area contributed by atoms with Crippen molar-refractivity contribution < 1.29 is 19.4 Å². The minimum absolute atomic E-state index is 0.0774. The fraction of sp³-hybridized carbons (Fsp3) is 0.259. The molecule has 0 unspecified atom stereocenters. The average molecular weight is 443 g/mol. The summed E-state index contributed by atoms with van der Waals surface area (Å²) >= 11 is 0. The van der Waals surface area contributed by atoms with Crippen molar-refractivity contribution in [1.29, 1.82) is 0 Å². The number of rotatable bonds is 5. The summed E-state index contributed by atoms with van der Waals surface area (Å²) in [4.78, 5) is 29.0. The predicted molar refractivity (Wildman–Crippen MR) is 129 cm³/mol. The van der Waals surface area contributed by atoms with Gasteiger partial charge in [0.2, 0.25) is 0 Å². The number of H-pyrrole nitrogens is 1. The summed E-state index contributed by atoms with van der Waals surface area (Å²) in [6.07, 6.45) is 5.90. The number of aromatic nitrogens is 1. The van der Waals surface area contributed by atoms with Crippen molar-refractivity contribution in [3.8, 4) is 22.6 Å². The topological polar surface area (TPSA) is 91.4 Å². The second kappa shape index (κ2) is 8.28. The van der Waals surface area contributed by atoms with E-state index in [2.05, 4.69) is 17.2 Å². The molecule has 3 N–H and O–H groups in total. The van der Waals surface area contributed by atoms with E-state index < -0.39 is 0 Å². The maximum atomic E-state index is 12.9. The molecule has 0 saturated carbocycles. The number of amides is 1. The van der Waals surface area contributed by atoms with E-state index in [0.717, 1.165) is 70.6 Å². The fourth-order valence-corrected chi connectivity index (χ4v) is 4.84. The molecule has 1 aromatic heterocycles. The van der Waals surface area contributed by atoms with Crippen LogP contribution in [0, 0.1) is 0 Å². The molecule has 1 amide bonds. The number of aromatic hydroxyl groups is 1. The number of nitrogens with one attached hydrogen (secondary N) is 2. The van der Waals surface area contributed by atoms with Crippen molar-refractivity contribution in [2.75, 3.05) is 12.4 Å². The zero-order valence-corrected chi connectivity index (χ0v) is 18.7. The lowest BCUT2D eigenvalue weighted by molar-refractivity contribution is -0.110. The lowest BCUT2D eigenvalue weighted by Gasteiger charge is -2.11. The Balaban J connectivity index is 1.61. The summed E-state index contributed by atoms with van der Waals surface area (Å²) in [5, 5.41) is 12.9. The molecule has 6 heteroatoms. The highest BCUT2D eigenvalue weighted by molar-refractivity contribution is 6.35. The highest BCUT2D eigenvalue weighted by Crippen LogP contribution is 2.39. The van der Waals surface area contributed by atoms with E-state index in [1.54, 1.807) is 12.1 Å². The van der Waals surface area contributed by atoms with E-state index >= 15 is 0 Å². The molecular formula is C27H26N2O4. The molecule has 33 heavy (non-hydrogen) atoms. The third-order valence-corrected chi connectivity index (χ3v) is 6.43. The number of carbonyl (C=O) groups is 2. The van der Waals surface area contributed by atoms with E-state index in [0.29, 0.717) is 17.7 Å². The van der Waals surface area contributed by atoms with Gasteiger partial charge in [0, 0.05) is 34.6 Å². The first-order valence-corrected chi connectivity index (χ1v) is 11.3. The highest BCUT2D eigenvalue weighted by atomic mass is 16.5. The third kappa shape index (κ3) is 3.61. The van der Waals surface area contributed by atoms with E-state index in [4.69, 9.17) is 4.74 Å². The number of benzene rings is 2. The van der Waals surface area contributed by atoms with Gasteiger partial charge in [0.1, 0.15) is 0 Å². The highest BCUT2D eigenvalue weighted by Gasteiger charge is 2.28. The van der Waals surface area contributed by atoms with Gasteiger partial charge < -0.3 is 20.1 Å². The Morgan fingerprint density at radius 2 is 1.88 bits per heavy atom. The number of ketones is 1. The fourth-order valence-electron chi connectivity index (χ4n) is 4.84. The van der Waals surface area contributed by atoms with Crippen molar-refractivity contribution in [3.05, 3.63) is 64.5 Å². The molecule has 3 aromatic rings. The maximum absolute atomic E-state index is 12.9. The lowest BCUT2D eigenvalue weighted by Crippen LogP contribution is -2.11. The Kier molecular flexibility index (Phi) is 5.29. The van der Waals surface area contributed by atoms with Crippen LogP contribution in [0.3, 0.4) is 0 Å². The number of phenols is 1. The maximum Gasteiger partial charge on any atom is 0.256 e. The van der Waals surface area contributed by atoms with Crippen molar-refractivity contribution in [3.63, 3.8) is 0 Å². The van der Waals surface area contributed by atoms with Crippen LogP contribution in [-0.2, 0) is 17.6 Å². The molecule has 2 heterocycles. The Morgan fingerprint density at radius 3 is 2.67 bits per heavy atom. The number of methoxy groups -OCH3 is 1. The van der Waals surface area contributed by atoms with Crippen LogP contribution in [0.2, 0.25) is 0 Å². The molecule has 0 spiro atoms. The average Bonchev–Trinajstić information content (AvgIpc) is 3.32. The third-order valence-electron chi connectivity index (χ3n) is 6.43. The van der Waals surface area contributed by atoms with Crippen LogP contribution in [0.5, 0.6) is 11.5 Å². The van der Waals surface area contributed by atoms with Crippen LogP contribution in [-0.4, -0.2) is 28.9 Å². The largest absolute Gasteiger partial charge is 0.504 e. The number of carbonyl (C=O) groups excluding carboxylic acids is 2.